The van der Waals surface area contributed by atoms with Crippen LogP contribution >= 0.6 is 0 Å². The summed E-state index contributed by atoms with van der Waals surface area (Å²) < 4.78 is 0. The number of nitrogens with one attached hydrogen (secondary N) is 2. The van der Waals surface area contributed by atoms with E-state index in [1.54, 1.807) is 6.34 Å². The summed E-state index contributed by atoms with van der Waals surface area (Å²) in [6.07, 6.45) is 18.8. The van der Waals surface area contributed by atoms with Crippen LogP contribution < -0.4 is 16.0 Å². The largest absolute Gasteiger partial charge is 0.346 e. The quantitative estimate of drug-likeness (QED) is 0.721. The van der Waals surface area contributed by atoms with Crippen molar-refractivity contribution < 1.29 is 4.79 Å². The van der Waals surface area contributed by atoms with Crippen LogP contribution in [0.1, 0.15) is 45.6 Å². The summed E-state index contributed by atoms with van der Waals surface area (Å²) in [4.78, 5) is 26.7. The number of urea groups is 1. The second-order valence-corrected chi connectivity index (χ2v) is 7.51. The number of aliphatic imine (C=N–C) groups is 1. The van der Waals surface area contributed by atoms with Crippen molar-refractivity contribution in [1.29, 1.82) is 0 Å². The fraction of sp³-hybridized carbons (Fsp3) is 0.400. The van der Waals surface area contributed by atoms with Gasteiger partial charge in [0.1, 0.15) is 11.8 Å². The van der Waals surface area contributed by atoms with E-state index in [9.17, 15) is 4.79 Å². The Morgan fingerprint density at radius 1 is 1.32 bits per heavy atom. The average molecular weight is 420 g/mol. The molecule has 1 unspecified atom stereocenters. The van der Waals surface area contributed by atoms with Gasteiger partial charge < -0.3 is 15.2 Å². The second kappa shape index (κ2) is 10.8. The van der Waals surface area contributed by atoms with Crippen molar-refractivity contribution in [3.63, 3.8) is 0 Å². The molecule has 0 spiro atoms. The highest BCUT2D eigenvalue weighted by Gasteiger charge is 2.21. The first-order valence-electron chi connectivity index (χ1n) is 11.2. The fourth-order valence-electron chi connectivity index (χ4n) is 3.77. The summed E-state index contributed by atoms with van der Waals surface area (Å²) in [7, 11) is 0. The lowest BCUT2D eigenvalue weighted by Crippen LogP contribution is -2.42. The third-order valence-electron chi connectivity index (χ3n) is 5.56. The summed E-state index contributed by atoms with van der Waals surface area (Å²) in [5.41, 5.74) is 5.37. The predicted molar refractivity (Wildman–Crippen MR) is 127 cm³/mol. The molecular formula is C25H33N5O. The standard InChI is InChI=1S/C23H27N5O.C2H6/c1-3-17-6-4-5-7-19(12-17)27-23(29)28-10-8-18(9-11-28)21-13-20-16(2)14-24-22(20)26-15-25-21;1-2/h4,6-8,12-15,21H,3,5,9-11H2,1-2H3,(H,27,29)(H,24,25,26);1-2H3. The topological polar surface area (TPSA) is 72.8 Å². The molecule has 2 amide bonds. The minimum absolute atomic E-state index is 0.0228. The summed E-state index contributed by atoms with van der Waals surface area (Å²) in [5, 5.41) is 4.17. The number of nitrogens with zero attached hydrogens (tertiary/aromatic N) is 3. The van der Waals surface area contributed by atoms with Crippen LogP contribution in [0.25, 0.3) is 6.08 Å². The van der Waals surface area contributed by atoms with E-state index in [-0.39, 0.29) is 12.1 Å². The molecule has 6 nitrogen and oxygen atoms in total. The van der Waals surface area contributed by atoms with Gasteiger partial charge in [-0.3, -0.25) is 4.99 Å². The number of fused-ring (bicyclic) bond motifs is 1. The molecule has 1 atom stereocenters. The molecule has 2 N–H and O–H groups in total. The van der Waals surface area contributed by atoms with Crippen molar-refractivity contribution in [3.8, 4) is 0 Å². The zero-order valence-electron chi connectivity index (χ0n) is 19.0. The summed E-state index contributed by atoms with van der Waals surface area (Å²) in [6.45, 7) is 9.47. The number of aromatic amines is 1. The van der Waals surface area contributed by atoms with Crippen molar-refractivity contribution in [2.45, 2.75) is 53.0 Å². The van der Waals surface area contributed by atoms with E-state index >= 15 is 0 Å². The van der Waals surface area contributed by atoms with Gasteiger partial charge in [0.2, 0.25) is 0 Å². The smallest absolute Gasteiger partial charge is 0.322 e. The molecule has 164 valence electrons. The van der Waals surface area contributed by atoms with Crippen molar-refractivity contribution in [1.82, 2.24) is 15.2 Å². The second-order valence-electron chi connectivity index (χ2n) is 7.51. The number of aryl methyl sites for hydroxylation is 1. The Bertz CT molecular complexity index is 1070. The Balaban J connectivity index is 0.00000132. The number of H-pyrrole nitrogens is 1. The number of aromatic nitrogens is 1. The van der Waals surface area contributed by atoms with Gasteiger partial charge in [-0.15, -0.1) is 0 Å². The summed E-state index contributed by atoms with van der Waals surface area (Å²) in [6, 6.07) is -0.0716. The number of hydrogen-bond acceptors (Lipinski definition) is 3. The molecular weight excluding hydrogens is 386 g/mol. The van der Waals surface area contributed by atoms with E-state index in [1.807, 2.05) is 24.9 Å². The van der Waals surface area contributed by atoms with Crippen LogP contribution in [0.2, 0.25) is 0 Å². The van der Waals surface area contributed by atoms with Crippen LogP contribution in [0, 0.1) is 6.92 Å². The molecule has 0 fully saturated rings. The van der Waals surface area contributed by atoms with Crippen LogP contribution in [0.5, 0.6) is 0 Å². The summed E-state index contributed by atoms with van der Waals surface area (Å²) >= 11 is 0. The maximum Gasteiger partial charge on any atom is 0.322 e. The van der Waals surface area contributed by atoms with Gasteiger partial charge in [0, 0.05) is 30.2 Å². The van der Waals surface area contributed by atoms with Crippen LogP contribution in [-0.2, 0) is 0 Å². The van der Waals surface area contributed by atoms with Gasteiger partial charge in [-0.1, -0.05) is 45.1 Å². The molecule has 3 heterocycles. The van der Waals surface area contributed by atoms with Crippen LogP contribution in [0.15, 0.2) is 63.4 Å². The lowest BCUT2D eigenvalue weighted by atomic mass is 9.99. The molecule has 1 aromatic heterocycles. The molecule has 6 heteroatoms. The molecule has 2 aliphatic heterocycles. The van der Waals surface area contributed by atoms with Crippen molar-refractivity contribution in [2.75, 3.05) is 13.1 Å². The molecule has 1 aliphatic carbocycles. The molecule has 0 bridgehead atoms. The van der Waals surface area contributed by atoms with Gasteiger partial charge in [0.25, 0.3) is 0 Å². The Hall–Kier alpha value is -3.15. The van der Waals surface area contributed by atoms with Gasteiger partial charge in [-0.25, -0.2) is 9.79 Å². The third kappa shape index (κ3) is 5.51. The molecule has 0 saturated carbocycles. The molecule has 0 saturated heterocycles. The minimum Gasteiger partial charge on any atom is -0.346 e. The Morgan fingerprint density at radius 2 is 2.16 bits per heavy atom. The SMILES string of the molecule is CC.CCC1=CC(NC(=O)N2CC=C(C3C=c4c(C)c[nH]c4=NC=N3)CC2)=CCC=C1. The highest BCUT2D eigenvalue weighted by Crippen LogP contribution is 2.19. The van der Waals surface area contributed by atoms with E-state index < -0.39 is 0 Å². The number of allylic oxidation sites excluding steroid dienone is 5. The van der Waals surface area contributed by atoms with Gasteiger partial charge in [0.05, 0.1) is 6.04 Å². The average Bonchev–Trinajstić information content (AvgIpc) is 2.99. The van der Waals surface area contributed by atoms with Gasteiger partial charge in [0.15, 0.2) is 0 Å². The first-order chi connectivity index (χ1) is 15.1. The zero-order valence-corrected chi connectivity index (χ0v) is 19.0. The maximum absolute atomic E-state index is 12.7. The number of amides is 2. The minimum atomic E-state index is -0.0488. The summed E-state index contributed by atoms with van der Waals surface area (Å²) in [5.74, 6) is 0. The Labute approximate surface area is 184 Å². The molecule has 31 heavy (non-hydrogen) atoms. The lowest BCUT2D eigenvalue weighted by Gasteiger charge is -2.28. The monoisotopic (exact) mass is 419 g/mol. The van der Waals surface area contributed by atoms with Gasteiger partial charge in [-0.05, 0) is 55.0 Å². The van der Waals surface area contributed by atoms with E-state index in [0.29, 0.717) is 13.1 Å². The predicted octanol–water partition coefficient (Wildman–Crippen LogP) is 3.68. The highest BCUT2D eigenvalue weighted by molar-refractivity contribution is 5.77. The Kier molecular flexibility index (Phi) is 7.82. The van der Waals surface area contributed by atoms with E-state index in [2.05, 4.69) is 70.6 Å². The normalized spacial score (nSPS) is 19.8. The van der Waals surface area contributed by atoms with E-state index in [1.165, 1.54) is 16.7 Å². The van der Waals surface area contributed by atoms with Gasteiger partial charge >= 0.3 is 6.03 Å². The van der Waals surface area contributed by atoms with Crippen LogP contribution in [0.4, 0.5) is 4.79 Å². The first kappa shape index (κ1) is 22.5. The number of carbonyl (C=O) groups excluding carboxylic acids is 1. The lowest BCUT2D eigenvalue weighted by molar-refractivity contribution is 0.204. The molecule has 4 rings (SSSR count). The van der Waals surface area contributed by atoms with Crippen LogP contribution in [0.3, 0.4) is 0 Å². The molecule has 1 aromatic rings. The highest BCUT2D eigenvalue weighted by atomic mass is 16.2. The van der Waals surface area contributed by atoms with Gasteiger partial charge in [-0.2, -0.15) is 0 Å². The number of rotatable bonds is 3. The third-order valence-corrected chi connectivity index (χ3v) is 5.56. The van der Waals surface area contributed by atoms with Crippen molar-refractivity contribution in [2.24, 2.45) is 9.98 Å². The van der Waals surface area contributed by atoms with E-state index in [0.717, 1.165) is 35.7 Å². The fourth-order valence-corrected chi connectivity index (χ4v) is 3.77. The number of carbonyl (C=O) groups is 1. The van der Waals surface area contributed by atoms with Crippen LogP contribution in [-0.4, -0.2) is 41.4 Å². The molecule has 0 radical (unpaired) electrons. The number of hydrogen-bond donors (Lipinski definition) is 2. The molecule has 3 aliphatic rings. The van der Waals surface area contributed by atoms with Crippen molar-refractivity contribution >= 4 is 18.4 Å². The molecule has 0 aromatic carbocycles. The maximum atomic E-state index is 12.7. The van der Waals surface area contributed by atoms with E-state index in [4.69, 9.17) is 0 Å². The Morgan fingerprint density at radius 3 is 2.90 bits per heavy atom. The van der Waals surface area contributed by atoms with Crippen molar-refractivity contribution in [3.05, 3.63) is 69.7 Å². The zero-order chi connectivity index (χ0) is 22.2. The first-order valence-corrected chi connectivity index (χ1v) is 11.2.